The van der Waals surface area contributed by atoms with Crippen LogP contribution in [0, 0.1) is 0 Å². The lowest BCUT2D eigenvalue weighted by Gasteiger charge is -2.38. The van der Waals surface area contributed by atoms with Gasteiger partial charge in [-0.3, -0.25) is 4.79 Å². The van der Waals surface area contributed by atoms with E-state index in [9.17, 15) is 14.4 Å². The van der Waals surface area contributed by atoms with Crippen molar-refractivity contribution in [3.05, 3.63) is 95.6 Å². The molecule has 2 atom stereocenters. The Bertz CT molecular complexity index is 1390. The number of hydrogen-bond acceptors (Lipinski definition) is 6. The van der Waals surface area contributed by atoms with E-state index in [0.717, 1.165) is 4.90 Å². The average Bonchev–Trinajstić information content (AvgIpc) is 3.14. The van der Waals surface area contributed by atoms with Crippen LogP contribution in [0.2, 0.25) is 0 Å². The summed E-state index contributed by atoms with van der Waals surface area (Å²) in [5.41, 5.74) is -1.02. The molecule has 1 aliphatic heterocycles. The van der Waals surface area contributed by atoms with Crippen LogP contribution in [0.5, 0.6) is 5.75 Å². The Morgan fingerprint density at radius 1 is 0.800 bits per heavy atom. The SMILES string of the molecule is COc1ccc([C@H](NC(=O)OC(C)(C)C)[C@@]2(c3ccccc3)C(=O)N(C(=O)OC(C)(C)C)c3ccccc32)cc1. The summed E-state index contributed by atoms with van der Waals surface area (Å²) < 4.78 is 16.7. The van der Waals surface area contributed by atoms with Crippen molar-refractivity contribution in [2.45, 2.75) is 64.2 Å². The maximum absolute atomic E-state index is 14.8. The zero-order valence-corrected chi connectivity index (χ0v) is 24.0. The van der Waals surface area contributed by atoms with Gasteiger partial charge in [0.2, 0.25) is 0 Å². The summed E-state index contributed by atoms with van der Waals surface area (Å²) in [4.78, 5) is 42.8. The maximum Gasteiger partial charge on any atom is 0.421 e. The van der Waals surface area contributed by atoms with Crippen LogP contribution in [0.3, 0.4) is 0 Å². The molecule has 4 rings (SSSR count). The maximum atomic E-state index is 14.8. The highest BCUT2D eigenvalue weighted by Gasteiger charge is 2.60. The van der Waals surface area contributed by atoms with Crippen molar-refractivity contribution in [1.29, 1.82) is 0 Å². The molecule has 0 aromatic heterocycles. The molecule has 0 spiro atoms. The molecule has 0 saturated carbocycles. The molecule has 1 heterocycles. The van der Waals surface area contributed by atoms with Crippen molar-refractivity contribution in [2.75, 3.05) is 12.0 Å². The first-order chi connectivity index (χ1) is 18.8. The number of carbonyl (C=O) groups excluding carboxylic acids is 3. The third kappa shape index (κ3) is 5.52. The molecule has 0 saturated heterocycles. The molecule has 0 radical (unpaired) electrons. The Balaban J connectivity index is 2.01. The predicted octanol–water partition coefficient (Wildman–Crippen LogP) is 6.53. The Morgan fingerprint density at radius 3 is 1.95 bits per heavy atom. The van der Waals surface area contributed by atoms with E-state index in [1.807, 2.05) is 30.3 Å². The van der Waals surface area contributed by atoms with E-state index in [1.54, 1.807) is 97.2 Å². The van der Waals surface area contributed by atoms with Gasteiger partial charge in [0, 0.05) is 0 Å². The van der Waals surface area contributed by atoms with E-state index in [0.29, 0.717) is 28.1 Å². The van der Waals surface area contributed by atoms with Crippen LogP contribution in [0.4, 0.5) is 15.3 Å². The summed E-state index contributed by atoms with van der Waals surface area (Å²) in [6, 6.07) is 22.3. The second-order valence-electron chi connectivity index (χ2n) is 11.7. The first-order valence-electron chi connectivity index (χ1n) is 13.1. The van der Waals surface area contributed by atoms with Crippen LogP contribution in [-0.4, -0.2) is 36.4 Å². The second kappa shape index (κ2) is 10.7. The summed E-state index contributed by atoms with van der Waals surface area (Å²) >= 11 is 0. The number of fused-ring (bicyclic) bond motifs is 1. The van der Waals surface area contributed by atoms with Gasteiger partial charge in [-0.05, 0) is 76.4 Å². The smallest absolute Gasteiger partial charge is 0.421 e. The summed E-state index contributed by atoms with van der Waals surface area (Å²) in [5, 5.41) is 2.99. The number of benzene rings is 3. The van der Waals surface area contributed by atoms with Crippen LogP contribution in [0.15, 0.2) is 78.9 Å². The topological polar surface area (TPSA) is 94.2 Å². The molecular formula is C32H36N2O6. The number of anilines is 1. The summed E-state index contributed by atoms with van der Waals surface area (Å²) in [6.45, 7) is 10.5. The van der Waals surface area contributed by atoms with Crippen LogP contribution in [0.1, 0.15) is 64.3 Å². The highest BCUT2D eigenvalue weighted by Crippen LogP contribution is 2.53. The van der Waals surface area contributed by atoms with E-state index in [2.05, 4.69) is 5.32 Å². The number of para-hydroxylation sites is 1. The Kier molecular flexibility index (Phi) is 7.65. The lowest BCUT2D eigenvalue weighted by molar-refractivity contribution is -0.122. The van der Waals surface area contributed by atoms with Crippen molar-refractivity contribution >= 4 is 23.8 Å². The van der Waals surface area contributed by atoms with Crippen molar-refractivity contribution in [3.8, 4) is 5.75 Å². The van der Waals surface area contributed by atoms with Gasteiger partial charge < -0.3 is 19.5 Å². The van der Waals surface area contributed by atoms with E-state index >= 15 is 0 Å². The largest absolute Gasteiger partial charge is 0.497 e. The molecule has 1 N–H and O–H groups in total. The second-order valence-corrected chi connectivity index (χ2v) is 11.7. The van der Waals surface area contributed by atoms with Gasteiger partial charge in [-0.1, -0.05) is 60.7 Å². The van der Waals surface area contributed by atoms with Crippen molar-refractivity contribution in [2.24, 2.45) is 0 Å². The van der Waals surface area contributed by atoms with Gasteiger partial charge in [-0.2, -0.15) is 0 Å². The molecule has 0 fully saturated rings. The quantitative estimate of drug-likeness (QED) is 0.393. The van der Waals surface area contributed by atoms with Gasteiger partial charge in [-0.15, -0.1) is 0 Å². The number of carbonyl (C=O) groups is 3. The number of nitrogens with one attached hydrogen (secondary N) is 1. The number of ether oxygens (including phenoxy) is 3. The van der Waals surface area contributed by atoms with Crippen LogP contribution >= 0.6 is 0 Å². The summed E-state index contributed by atoms with van der Waals surface area (Å²) in [7, 11) is 1.56. The number of methoxy groups -OCH3 is 1. The first kappa shape index (κ1) is 28.7. The van der Waals surface area contributed by atoms with Crippen molar-refractivity contribution < 1.29 is 28.6 Å². The van der Waals surface area contributed by atoms with Gasteiger partial charge in [-0.25, -0.2) is 14.5 Å². The van der Waals surface area contributed by atoms with E-state index in [-0.39, 0.29) is 0 Å². The normalized spacial score (nSPS) is 17.6. The molecule has 8 heteroatoms. The molecule has 0 aliphatic carbocycles. The molecular weight excluding hydrogens is 508 g/mol. The third-order valence-corrected chi connectivity index (χ3v) is 6.46. The predicted molar refractivity (Wildman–Crippen MR) is 152 cm³/mol. The molecule has 3 aromatic rings. The van der Waals surface area contributed by atoms with Gasteiger partial charge >= 0.3 is 12.2 Å². The van der Waals surface area contributed by atoms with Crippen LogP contribution in [0.25, 0.3) is 0 Å². The molecule has 3 amide bonds. The fourth-order valence-electron chi connectivity index (χ4n) is 4.98. The lowest BCUT2D eigenvalue weighted by Crippen LogP contribution is -2.53. The van der Waals surface area contributed by atoms with Crippen molar-refractivity contribution in [3.63, 3.8) is 0 Å². The van der Waals surface area contributed by atoms with Crippen LogP contribution < -0.4 is 15.0 Å². The van der Waals surface area contributed by atoms with Gasteiger partial charge in [0.05, 0.1) is 18.8 Å². The zero-order valence-electron chi connectivity index (χ0n) is 24.0. The Labute approximate surface area is 235 Å². The number of amides is 3. The monoisotopic (exact) mass is 544 g/mol. The number of rotatable bonds is 5. The summed E-state index contributed by atoms with van der Waals surface area (Å²) in [6.07, 6.45) is -1.50. The highest BCUT2D eigenvalue weighted by molar-refractivity contribution is 6.23. The number of hydrogen-bond donors (Lipinski definition) is 1. The molecule has 0 bridgehead atoms. The van der Waals surface area contributed by atoms with E-state index < -0.39 is 40.8 Å². The van der Waals surface area contributed by atoms with E-state index in [1.165, 1.54) is 0 Å². The highest BCUT2D eigenvalue weighted by atomic mass is 16.6. The minimum Gasteiger partial charge on any atom is -0.497 e. The standard InChI is InChI=1S/C32H36N2O6/c1-30(2,3)39-28(36)33-26(21-17-19-23(38-7)20-18-21)32(22-13-9-8-10-14-22)24-15-11-12-16-25(24)34(27(32)35)29(37)40-31(4,5)6/h8-20,26H,1-7H3,(H,33,36)/t26-,32-/m0/s1. The Morgan fingerprint density at radius 2 is 1.38 bits per heavy atom. The molecule has 3 aromatic carbocycles. The van der Waals surface area contributed by atoms with Gasteiger partial charge in [0.25, 0.3) is 5.91 Å². The average molecular weight is 545 g/mol. The fourth-order valence-corrected chi connectivity index (χ4v) is 4.98. The van der Waals surface area contributed by atoms with Gasteiger partial charge in [0.1, 0.15) is 22.4 Å². The molecule has 40 heavy (non-hydrogen) atoms. The number of imide groups is 1. The Hall–Kier alpha value is -4.33. The minimum atomic E-state index is -1.54. The molecule has 1 aliphatic rings. The number of alkyl carbamates (subject to hydrolysis) is 1. The van der Waals surface area contributed by atoms with Crippen LogP contribution in [-0.2, 0) is 19.7 Å². The fraction of sp³-hybridized carbons (Fsp3) is 0.344. The molecule has 8 nitrogen and oxygen atoms in total. The third-order valence-electron chi connectivity index (χ3n) is 6.46. The number of nitrogens with zero attached hydrogens (tertiary/aromatic N) is 1. The molecule has 210 valence electrons. The lowest BCUT2D eigenvalue weighted by atomic mass is 9.67. The first-order valence-corrected chi connectivity index (χ1v) is 13.1. The van der Waals surface area contributed by atoms with Gasteiger partial charge in [0.15, 0.2) is 0 Å². The van der Waals surface area contributed by atoms with E-state index in [4.69, 9.17) is 14.2 Å². The summed E-state index contributed by atoms with van der Waals surface area (Å²) in [5.74, 6) is 0.0630. The van der Waals surface area contributed by atoms with Crippen molar-refractivity contribution in [1.82, 2.24) is 5.32 Å². The zero-order chi connectivity index (χ0) is 29.3. The minimum absolute atomic E-state index is 0.384. The molecule has 0 unspecified atom stereocenters.